The third-order valence-corrected chi connectivity index (χ3v) is 3.78. The van der Waals surface area contributed by atoms with Crippen LogP contribution in [0.15, 0.2) is 24.3 Å². The van der Waals surface area contributed by atoms with Gasteiger partial charge in [-0.25, -0.2) is 0 Å². The fraction of sp³-hybridized carbons (Fsp3) is 0.364. The quantitative estimate of drug-likeness (QED) is 0.868. The minimum Gasteiger partial charge on any atom is -0.196 e. The van der Waals surface area contributed by atoms with Crippen molar-refractivity contribution in [3.8, 4) is 6.07 Å². The Morgan fingerprint density at radius 3 is 2.24 bits per heavy atom. The van der Waals surface area contributed by atoms with E-state index >= 15 is 0 Å². The molecule has 0 aliphatic heterocycles. The van der Waals surface area contributed by atoms with E-state index in [-0.39, 0.29) is 0 Å². The van der Waals surface area contributed by atoms with Crippen molar-refractivity contribution in [1.82, 2.24) is 9.03 Å². The number of rotatable bonds is 4. The molecule has 0 radical (unpaired) electrons. The average Bonchev–Trinajstić information content (AvgIpc) is 2.27. The zero-order valence-corrected chi connectivity index (χ0v) is 10.8. The maximum Gasteiger partial charge on any atom is 0.280 e. The largest absolute Gasteiger partial charge is 0.280 e. The van der Waals surface area contributed by atoms with Gasteiger partial charge in [0.2, 0.25) is 0 Å². The first-order chi connectivity index (χ1) is 7.86. The smallest absolute Gasteiger partial charge is 0.196 e. The molecule has 0 amide bonds. The van der Waals surface area contributed by atoms with Gasteiger partial charge in [-0.15, -0.1) is 0 Å². The van der Waals surface area contributed by atoms with E-state index in [1.165, 1.54) is 14.1 Å². The minimum absolute atomic E-state index is 0.628. The highest BCUT2D eigenvalue weighted by atomic mass is 32.2. The van der Waals surface area contributed by atoms with Gasteiger partial charge >= 0.3 is 0 Å². The first kappa shape index (κ1) is 13.6. The molecule has 1 aromatic carbocycles. The van der Waals surface area contributed by atoms with Gasteiger partial charge in [0, 0.05) is 14.1 Å². The Morgan fingerprint density at radius 1 is 1.29 bits per heavy atom. The standard InChI is InChI=1S/C11H15N3O2S/c1-9-4-6-10(7-5-9)11(8-12)13-17(15,16)14(2)3/h4-7,11,13H,1-3H3. The maximum absolute atomic E-state index is 11.6. The summed E-state index contributed by atoms with van der Waals surface area (Å²) in [5.74, 6) is 0. The van der Waals surface area contributed by atoms with E-state index in [1.807, 2.05) is 25.1 Å². The molecular weight excluding hydrogens is 238 g/mol. The Balaban J connectivity index is 2.95. The van der Waals surface area contributed by atoms with Crippen LogP contribution < -0.4 is 4.72 Å². The topological polar surface area (TPSA) is 73.2 Å². The maximum atomic E-state index is 11.6. The van der Waals surface area contributed by atoms with Crippen molar-refractivity contribution in [2.75, 3.05) is 14.1 Å². The van der Waals surface area contributed by atoms with Crippen LogP contribution >= 0.6 is 0 Å². The summed E-state index contributed by atoms with van der Waals surface area (Å²) in [7, 11) is -0.790. The highest BCUT2D eigenvalue weighted by molar-refractivity contribution is 7.87. The molecule has 5 nitrogen and oxygen atoms in total. The first-order valence-electron chi connectivity index (χ1n) is 5.03. The highest BCUT2D eigenvalue weighted by Crippen LogP contribution is 2.14. The lowest BCUT2D eigenvalue weighted by Gasteiger charge is -2.16. The molecule has 0 aromatic heterocycles. The summed E-state index contributed by atoms with van der Waals surface area (Å²) in [4.78, 5) is 0. The molecule has 0 aliphatic rings. The number of hydrogen-bond donors (Lipinski definition) is 1. The Hall–Kier alpha value is -1.42. The summed E-state index contributed by atoms with van der Waals surface area (Å²) in [6, 6.07) is 8.21. The SMILES string of the molecule is Cc1ccc(C(C#N)NS(=O)(=O)N(C)C)cc1. The molecule has 0 heterocycles. The summed E-state index contributed by atoms with van der Waals surface area (Å²) in [5.41, 5.74) is 1.68. The van der Waals surface area contributed by atoms with Gasteiger partial charge in [0.05, 0.1) is 6.07 Å². The zero-order valence-electron chi connectivity index (χ0n) is 10.0. The Bertz CT molecular complexity index is 515. The lowest BCUT2D eigenvalue weighted by atomic mass is 10.1. The van der Waals surface area contributed by atoms with Crippen LogP contribution in [-0.2, 0) is 10.2 Å². The summed E-state index contributed by atoms with van der Waals surface area (Å²) in [6.07, 6.45) is 0. The molecule has 1 atom stereocenters. The van der Waals surface area contributed by atoms with Crippen molar-refractivity contribution in [3.05, 3.63) is 35.4 Å². The van der Waals surface area contributed by atoms with Crippen LogP contribution in [0.3, 0.4) is 0 Å². The minimum atomic E-state index is -3.61. The van der Waals surface area contributed by atoms with Crippen molar-refractivity contribution < 1.29 is 8.42 Å². The molecule has 0 aliphatic carbocycles. The number of nitriles is 1. The number of nitrogens with one attached hydrogen (secondary N) is 1. The fourth-order valence-electron chi connectivity index (χ4n) is 1.18. The summed E-state index contributed by atoms with van der Waals surface area (Å²) in [6.45, 7) is 1.93. The molecule has 1 rings (SSSR count). The van der Waals surface area contributed by atoms with Crippen LogP contribution in [0.5, 0.6) is 0 Å². The van der Waals surface area contributed by atoms with Crippen molar-refractivity contribution in [2.45, 2.75) is 13.0 Å². The second-order valence-corrected chi connectivity index (χ2v) is 5.79. The zero-order chi connectivity index (χ0) is 13.1. The molecular formula is C11H15N3O2S. The van der Waals surface area contributed by atoms with Gasteiger partial charge in [-0.1, -0.05) is 29.8 Å². The van der Waals surface area contributed by atoms with Crippen LogP contribution in [-0.4, -0.2) is 26.8 Å². The second-order valence-electron chi connectivity index (χ2n) is 3.88. The number of nitrogens with zero attached hydrogens (tertiary/aromatic N) is 2. The van der Waals surface area contributed by atoms with Gasteiger partial charge in [0.1, 0.15) is 6.04 Å². The second kappa shape index (κ2) is 5.27. The van der Waals surface area contributed by atoms with Gasteiger partial charge < -0.3 is 0 Å². The number of hydrogen-bond acceptors (Lipinski definition) is 3. The molecule has 0 fully saturated rings. The van der Waals surface area contributed by atoms with Crippen molar-refractivity contribution >= 4 is 10.2 Å². The first-order valence-corrected chi connectivity index (χ1v) is 6.47. The molecule has 17 heavy (non-hydrogen) atoms. The molecule has 0 saturated carbocycles. The van der Waals surface area contributed by atoms with E-state index in [1.54, 1.807) is 12.1 Å². The molecule has 92 valence electrons. The molecule has 6 heteroatoms. The molecule has 0 saturated heterocycles. The van der Waals surface area contributed by atoms with Gasteiger partial charge in [-0.2, -0.15) is 22.7 Å². The summed E-state index contributed by atoms with van der Waals surface area (Å²) in [5, 5.41) is 9.00. The van der Waals surface area contributed by atoms with Crippen molar-refractivity contribution in [2.24, 2.45) is 0 Å². The van der Waals surface area contributed by atoms with Gasteiger partial charge in [-0.3, -0.25) is 0 Å². The summed E-state index contributed by atoms with van der Waals surface area (Å²) < 4.78 is 26.6. The molecule has 1 aromatic rings. The lowest BCUT2D eigenvalue weighted by molar-refractivity contribution is 0.500. The van der Waals surface area contributed by atoms with Crippen molar-refractivity contribution in [3.63, 3.8) is 0 Å². The fourth-order valence-corrected chi connectivity index (χ4v) is 1.88. The number of aryl methyl sites for hydroxylation is 1. The molecule has 0 spiro atoms. The van der Waals surface area contributed by atoms with Gasteiger partial charge in [-0.05, 0) is 12.5 Å². The van der Waals surface area contributed by atoms with E-state index in [0.717, 1.165) is 9.87 Å². The molecule has 1 unspecified atom stereocenters. The Labute approximate surface area is 102 Å². The third-order valence-electron chi connectivity index (χ3n) is 2.29. The van der Waals surface area contributed by atoms with Gasteiger partial charge in [0.25, 0.3) is 10.2 Å². The highest BCUT2D eigenvalue weighted by Gasteiger charge is 2.20. The summed E-state index contributed by atoms with van der Waals surface area (Å²) >= 11 is 0. The van der Waals surface area contributed by atoms with E-state index in [2.05, 4.69) is 4.72 Å². The van der Waals surface area contributed by atoms with Crippen molar-refractivity contribution in [1.29, 1.82) is 5.26 Å². The molecule has 0 bridgehead atoms. The monoisotopic (exact) mass is 253 g/mol. The Morgan fingerprint density at radius 2 is 1.82 bits per heavy atom. The Kier molecular flexibility index (Phi) is 4.23. The van der Waals surface area contributed by atoms with Gasteiger partial charge in [0.15, 0.2) is 0 Å². The number of benzene rings is 1. The van der Waals surface area contributed by atoms with E-state index in [9.17, 15) is 8.42 Å². The van der Waals surface area contributed by atoms with Crippen LogP contribution in [0.2, 0.25) is 0 Å². The van der Waals surface area contributed by atoms with Crippen LogP contribution in [0.4, 0.5) is 0 Å². The predicted octanol–water partition coefficient (Wildman–Crippen LogP) is 0.956. The van der Waals surface area contributed by atoms with E-state index in [4.69, 9.17) is 5.26 Å². The van der Waals surface area contributed by atoms with Crippen LogP contribution in [0.1, 0.15) is 17.2 Å². The average molecular weight is 253 g/mol. The van der Waals surface area contributed by atoms with E-state index < -0.39 is 16.3 Å². The third kappa shape index (κ3) is 3.53. The lowest BCUT2D eigenvalue weighted by Crippen LogP contribution is -2.37. The predicted molar refractivity (Wildman–Crippen MR) is 65.3 cm³/mol. The normalized spacial score (nSPS) is 13.4. The van der Waals surface area contributed by atoms with Crippen LogP contribution in [0.25, 0.3) is 0 Å². The van der Waals surface area contributed by atoms with E-state index in [0.29, 0.717) is 5.56 Å². The van der Waals surface area contributed by atoms with Crippen LogP contribution in [0, 0.1) is 18.3 Å². The molecule has 1 N–H and O–H groups in total.